The molecule has 1 aromatic heterocycles. The number of fused-ring (bicyclic) bond motifs is 1. The molecule has 4 rings (SSSR count). The summed E-state index contributed by atoms with van der Waals surface area (Å²) in [7, 11) is 0. The number of hydrogen-bond acceptors (Lipinski definition) is 4. The minimum atomic E-state index is -0.0857. The maximum Gasteiger partial charge on any atom is 0.289 e. The number of furan rings is 1. The Morgan fingerprint density at radius 3 is 2.62 bits per heavy atom. The summed E-state index contributed by atoms with van der Waals surface area (Å²) in [6.45, 7) is 1.97. The number of amides is 2. The number of anilines is 1. The molecule has 26 heavy (non-hydrogen) atoms. The molecule has 1 saturated heterocycles. The quantitative estimate of drug-likeness (QED) is 0.810. The van der Waals surface area contributed by atoms with Crippen molar-refractivity contribution in [2.45, 2.75) is 24.2 Å². The van der Waals surface area contributed by atoms with Crippen molar-refractivity contribution < 1.29 is 14.0 Å². The number of carbonyl (C=O) groups excluding carboxylic acids is 2. The molecule has 0 saturated carbocycles. The van der Waals surface area contributed by atoms with E-state index in [1.807, 2.05) is 34.9 Å². The molecule has 2 aromatic rings. The first-order valence-electron chi connectivity index (χ1n) is 9.10. The monoisotopic (exact) mass is 370 g/mol. The number of hydrogen-bond donors (Lipinski definition) is 0. The van der Waals surface area contributed by atoms with E-state index >= 15 is 0 Å². The van der Waals surface area contributed by atoms with E-state index in [1.165, 1.54) is 11.2 Å². The third kappa shape index (κ3) is 3.38. The smallest absolute Gasteiger partial charge is 0.289 e. The van der Waals surface area contributed by atoms with Crippen LogP contribution in [0.3, 0.4) is 0 Å². The van der Waals surface area contributed by atoms with Crippen molar-refractivity contribution in [3.8, 4) is 0 Å². The van der Waals surface area contributed by atoms with E-state index in [-0.39, 0.29) is 17.7 Å². The van der Waals surface area contributed by atoms with Gasteiger partial charge in [0, 0.05) is 30.4 Å². The third-order valence-electron chi connectivity index (χ3n) is 5.07. The van der Waals surface area contributed by atoms with Crippen LogP contribution >= 0.6 is 11.8 Å². The van der Waals surface area contributed by atoms with Crippen molar-refractivity contribution >= 4 is 29.3 Å². The van der Waals surface area contributed by atoms with Crippen molar-refractivity contribution in [3.05, 3.63) is 48.4 Å². The lowest BCUT2D eigenvalue weighted by Gasteiger charge is -2.34. The number of nitrogens with zero attached hydrogens (tertiary/aromatic N) is 2. The van der Waals surface area contributed by atoms with E-state index in [2.05, 4.69) is 6.07 Å². The number of carbonyl (C=O) groups is 2. The zero-order valence-corrected chi connectivity index (χ0v) is 15.4. The van der Waals surface area contributed by atoms with Crippen molar-refractivity contribution in [2.24, 2.45) is 5.92 Å². The molecule has 3 heterocycles. The van der Waals surface area contributed by atoms with Crippen LogP contribution in [0, 0.1) is 5.92 Å². The summed E-state index contributed by atoms with van der Waals surface area (Å²) in [6.07, 6.45) is 3.92. The third-order valence-corrected chi connectivity index (χ3v) is 6.22. The normalized spacial score (nSPS) is 18.3. The first-order chi connectivity index (χ1) is 12.7. The van der Waals surface area contributed by atoms with Crippen LogP contribution in [0.2, 0.25) is 0 Å². The molecular weight excluding hydrogens is 348 g/mol. The first kappa shape index (κ1) is 17.2. The molecule has 0 atom stereocenters. The standard InChI is InChI=1S/C20H22N2O3S/c23-19(22-10-4-14-26-18-7-2-1-5-16(18)22)15-8-11-21(12-9-15)20(24)17-6-3-13-25-17/h1-3,5-7,13,15H,4,8-12,14H2. The molecule has 0 N–H and O–H groups in total. The average molecular weight is 370 g/mol. The number of para-hydroxylation sites is 1. The molecule has 0 spiro atoms. The Morgan fingerprint density at radius 1 is 1.04 bits per heavy atom. The molecule has 1 fully saturated rings. The first-order valence-corrected chi connectivity index (χ1v) is 10.1. The number of rotatable bonds is 2. The van der Waals surface area contributed by atoms with E-state index in [0.29, 0.717) is 31.7 Å². The van der Waals surface area contributed by atoms with Gasteiger partial charge in [0.25, 0.3) is 5.91 Å². The van der Waals surface area contributed by atoms with Gasteiger partial charge in [-0.3, -0.25) is 9.59 Å². The van der Waals surface area contributed by atoms with Crippen molar-refractivity contribution in [2.75, 3.05) is 30.3 Å². The Hall–Kier alpha value is -2.21. The summed E-state index contributed by atoms with van der Waals surface area (Å²) in [5.74, 6) is 1.50. The summed E-state index contributed by atoms with van der Waals surface area (Å²) in [5.41, 5.74) is 1.04. The van der Waals surface area contributed by atoms with Crippen LogP contribution in [0.25, 0.3) is 0 Å². The van der Waals surface area contributed by atoms with Gasteiger partial charge in [-0.25, -0.2) is 0 Å². The van der Waals surface area contributed by atoms with Crippen LogP contribution in [0.15, 0.2) is 52.0 Å². The molecular formula is C20H22N2O3S. The summed E-state index contributed by atoms with van der Waals surface area (Å²) < 4.78 is 5.20. The fourth-order valence-electron chi connectivity index (χ4n) is 3.66. The largest absolute Gasteiger partial charge is 0.459 e. The molecule has 2 aliphatic rings. The Morgan fingerprint density at radius 2 is 1.85 bits per heavy atom. The highest BCUT2D eigenvalue weighted by molar-refractivity contribution is 7.99. The van der Waals surface area contributed by atoms with Gasteiger partial charge in [0.1, 0.15) is 0 Å². The van der Waals surface area contributed by atoms with E-state index in [4.69, 9.17) is 4.42 Å². The van der Waals surface area contributed by atoms with Crippen LogP contribution in [0.4, 0.5) is 5.69 Å². The fraction of sp³-hybridized carbons (Fsp3) is 0.400. The van der Waals surface area contributed by atoms with Crippen LogP contribution in [-0.4, -0.2) is 42.1 Å². The predicted octanol–water partition coefficient (Wildman–Crippen LogP) is 3.66. The molecule has 0 bridgehead atoms. The zero-order chi connectivity index (χ0) is 17.9. The number of benzene rings is 1. The molecule has 0 aliphatic carbocycles. The minimum absolute atomic E-state index is 0.0215. The fourth-order valence-corrected chi connectivity index (χ4v) is 4.66. The molecule has 0 radical (unpaired) electrons. The molecule has 5 nitrogen and oxygen atoms in total. The van der Waals surface area contributed by atoms with Gasteiger partial charge in [-0.2, -0.15) is 0 Å². The lowest BCUT2D eigenvalue weighted by atomic mass is 9.94. The lowest BCUT2D eigenvalue weighted by Crippen LogP contribution is -2.44. The van der Waals surface area contributed by atoms with Gasteiger partial charge in [0.15, 0.2) is 5.76 Å². The second kappa shape index (κ2) is 7.58. The van der Waals surface area contributed by atoms with E-state index in [0.717, 1.165) is 24.4 Å². The molecule has 1 aromatic carbocycles. The summed E-state index contributed by atoms with van der Waals surface area (Å²) in [4.78, 5) is 30.5. The Kier molecular flexibility index (Phi) is 5.02. The summed E-state index contributed by atoms with van der Waals surface area (Å²) in [6, 6.07) is 11.6. The van der Waals surface area contributed by atoms with Crippen molar-refractivity contribution in [1.82, 2.24) is 4.90 Å². The van der Waals surface area contributed by atoms with Crippen LogP contribution in [-0.2, 0) is 4.79 Å². The van der Waals surface area contributed by atoms with Crippen molar-refractivity contribution in [1.29, 1.82) is 0 Å². The van der Waals surface area contributed by atoms with Crippen molar-refractivity contribution in [3.63, 3.8) is 0 Å². The predicted molar refractivity (Wildman–Crippen MR) is 101 cm³/mol. The van der Waals surface area contributed by atoms with E-state index < -0.39 is 0 Å². The Balaban J connectivity index is 1.43. The second-order valence-electron chi connectivity index (χ2n) is 6.70. The molecule has 2 amide bonds. The molecule has 0 unspecified atom stereocenters. The van der Waals surface area contributed by atoms with Gasteiger partial charge in [-0.1, -0.05) is 12.1 Å². The molecule has 136 valence electrons. The number of thioether (sulfide) groups is 1. The van der Waals surface area contributed by atoms with Gasteiger partial charge in [0.05, 0.1) is 12.0 Å². The van der Waals surface area contributed by atoms with E-state index in [9.17, 15) is 9.59 Å². The number of piperidine rings is 1. The highest BCUT2D eigenvalue weighted by Gasteiger charge is 2.32. The average Bonchev–Trinajstić information content (AvgIpc) is 3.14. The second-order valence-corrected chi connectivity index (χ2v) is 7.84. The van der Waals surface area contributed by atoms with Crippen LogP contribution in [0.1, 0.15) is 29.8 Å². The van der Waals surface area contributed by atoms with Gasteiger partial charge in [0.2, 0.25) is 5.91 Å². The molecule has 2 aliphatic heterocycles. The Bertz CT molecular complexity index is 782. The van der Waals surface area contributed by atoms with Gasteiger partial charge >= 0.3 is 0 Å². The SMILES string of the molecule is O=C(c1ccco1)N1CCC(C(=O)N2CCCSc3ccccc32)CC1. The maximum absolute atomic E-state index is 13.2. The highest BCUT2D eigenvalue weighted by Crippen LogP contribution is 2.35. The topological polar surface area (TPSA) is 53.8 Å². The lowest BCUT2D eigenvalue weighted by molar-refractivity contribution is -0.123. The highest BCUT2D eigenvalue weighted by atomic mass is 32.2. The van der Waals surface area contributed by atoms with Crippen LogP contribution < -0.4 is 4.90 Å². The van der Waals surface area contributed by atoms with Gasteiger partial charge < -0.3 is 14.2 Å². The summed E-state index contributed by atoms with van der Waals surface area (Å²) in [5, 5.41) is 0. The van der Waals surface area contributed by atoms with Gasteiger partial charge in [-0.05, 0) is 49.3 Å². The van der Waals surface area contributed by atoms with Gasteiger partial charge in [-0.15, -0.1) is 11.8 Å². The molecule has 6 heteroatoms. The maximum atomic E-state index is 13.2. The zero-order valence-electron chi connectivity index (χ0n) is 14.6. The number of likely N-dealkylation sites (tertiary alicyclic amines) is 1. The van der Waals surface area contributed by atoms with E-state index in [1.54, 1.807) is 17.0 Å². The minimum Gasteiger partial charge on any atom is -0.459 e. The van der Waals surface area contributed by atoms with Crippen LogP contribution in [0.5, 0.6) is 0 Å². The Labute approximate surface area is 157 Å². The summed E-state index contributed by atoms with van der Waals surface area (Å²) >= 11 is 1.82.